The number of hydrogen-bond donors (Lipinski definition) is 1. The topological polar surface area (TPSA) is 12.0 Å². The molecule has 0 amide bonds. The first-order valence-corrected chi connectivity index (χ1v) is 3.79. The summed E-state index contributed by atoms with van der Waals surface area (Å²) in [5.41, 5.74) is 0. The van der Waals surface area contributed by atoms with Gasteiger partial charge in [-0.1, -0.05) is 6.92 Å². The van der Waals surface area contributed by atoms with E-state index in [4.69, 9.17) is 0 Å². The Morgan fingerprint density at radius 1 is 1.42 bits per heavy atom. The summed E-state index contributed by atoms with van der Waals surface area (Å²) in [4.78, 5) is 0. The van der Waals surface area contributed by atoms with Crippen LogP contribution in [0.3, 0.4) is 0 Å². The second-order valence-corrected chi connectivity index (χ2v) is 3.08. The maximum Gasteiger partial charge on any atom is 0.391 e. The van der Waals surface area contributed by atoms with Gasteiger partial charge in [-0.3, -0.25) is 0 Å². The highest BCUT2D eigenvalue weighted by molar-refractivity contribution is 5.85. The fraction of sp³-hybridized carbons (Fsp3) is 1.00. The van der Waals surface area contributed by atoms with E-state index in [1.807, 2.05) is 0 Å². The first-order chi connectivity index (χ1) is 5.02. The number of hydrogen-bond acceptors (Lipinski definition) is 1. The van der Waals surface area contributed by atoms with Gasteiger partial charge >= 0.3 is 6.18 Å². The van der Waals surface area contributed by atoms with E-state index >= 15 is 0 Å². The first-order valence-electron chi connectivity index (χ1n) is 3.79. The summed E-state index contributed by atoms with van der Waals surface area (Å²) in [5.74, 6) is -1.37. The van der Waals surface area contributed by atoms with Gasteiger partial charge in [0.25, 0.3) is 0 Å². The van der Waals surface area contributed by atoms with E-state index in [9.17, 15) is 13.2 Å². The van der Waals surface area contributed by atoms with Crippen LogP contribution in [0.1, 0.15) is 13.3 Å². The molecule has 0 bridgehead atoms. The molecule has 12 heavy (non-hydrogen) atoms. The lowest BCUT2D eigenvalue weighted by Gasteiger charge is -2.20. The van der Waals surface area contributed by atoms with Crippen LogP contribution in [-0.4, -0.2) is 19.3 Å². The van der Waals surface area contributed by atoms with Crippen molar-refractivity contribution in [2.75, 3.05) is 13.1 Å². The van der Waals surface area contributed by atoms with E-state index < -0.39 is 12.1 Å². The molecule has 1 rings (SSSR count). The van der Waals surface area contributed by atoms with E-state index in [1.165, 1.54) is 6.92 Å². The van der Waals surface area contributed by atoms with Crippen molar-refractivity contribution in [3.63, 3.8) is 0 Å². The fourth-order valence-corrected chi connectivity index (χ4v) is 1.37. The van der Waals surface area contributed by atoms with Crippen molar-refractivity contribution in [3.8, 4) is 0 Å². The van der Waals surface area contributed by atoms with Crippen LogP contribution in [0.2, 0.25) is 0 Å². The van der Waals surface area contributed by atoms with Gasteiger partial charge in [0.05, 0.1) is 5.92 Å². The zero-order valence-electron chi connectivity index (χ0n) is 6.82. The average molecular weight is 204 g/mol. The van der Waals surface area contributed by atoms with Crippen molar-refractivity contribution in [2.24, 2.45) is 11.8 Å². The second-order valence-electron chi connectivity index (χ2n) is 3.08. The van der Waals surface area contributed by atoms with Gasteiger partial charge < -0.3 is 5.32 Å². The molecule has 5 heteroatoms. The minimum Gasteiger partial charge on any atom is -0.316 e. The minimum atomic E-state index is -4.02. The molecule has 2 atom stereocenters. The van der Waals surface area contributed by atoms with Gasteiger partial charge in [-0.05, 0) is 25.4 Å². The number of alkyl halides is 3. The molecule has 1 aliphatic heterocycles. The van der Waals surface area contributed by atoms with Gasteiger partial charge in [0.2, 0.25) is 0 Å². The van der Waals surface area contributed by atoms with Crippen molar-refractivity contribution in [2.45, 2.75) is 19.5 Å². The van der Waals surface area contributed by atoms with Crippen LogP contribution >= 0.6 is 12.4 Å². The van der Waals surface area contributed by atoms with Crippen LogP contribution in [0, 0.1) is 11.8 Å². The summed E-state index contributed by atoms with van der Waals surface area (Å²) in [6.07, 6.45) is -3.36. The predicted octanol–water partition coefficient (Wildman–Crippen LogP) is 2.22. The Balaban J connectivity index is 0.00000121. The Bertz CT molecular complexity index is 131. The predicted molar refractivity (Wildman–Crippen MR) is 43.4 cm³/mol. The van der Waals surface area contributed by atoms with Crippen LogP contribution in [0.25, 0.3) is 0 Å². The molecular formula is C7H13ClF3N. The summed E-state index contributed by atoms with van der Waals surface area (Å²) in [6, 6.07) is 0. The molecule has 74 valence electrons. The molecule has 0 aromatic heterocycles. The van der Waals surface area contributed by atoms with Crippen molar-refractivity contribution in [1.82, 2.24) is 5.32 Å². The molecule has 0 aromatic carbocycles. The monoisotopic (exact) mass is 203 g/mol. The molecule has 0 saturated carbocycles. The van der Waals surface area contributed by atoms with Gasteiger partial charge in [-0.2, -0.15) is 13.2 Å². The average Bonchev–Trinajstić information content (AvgIpc) is 2.34. The normalized spacial score (nSPS) is 26.5. The van der Waals surface area contributed by atoms with E-state index in [0.29, 0.717) is 13.0 Å². The first kappa shape index (κ1) is 12.0. The molecule has 1 N–H and O–H groups in total. The summed E-state index contributed by atoms with van der Waals surface area (Å²) in [5, 5.41) is 2.93. The molecule has 1 heterocycles. The Hall–Kier alpha value is 0.0400. The molecule has 2 unspecified atom stereocenters. The second kappa shape index (κ2) is 4.33. The lowest BCUT2D eigenvalue weighted by molar-refractivity contribution is -0.181. The van der Waals surface area contributed by atoms with Crippen LogP contribution in [0.5, 0.6) is 0 Å². The lowest BCUT2D eigenvalue weighted by atomic mass is 9.93. The fourth-order valence-electron chi connectivity index (χ4n) is 1.37. The van der Waals surface area contributed by atoms with E-state index in [2.05, 4.69) is 5.32 Å². The quantitative estimate of drug-likeness (QED) is 0.689. The van der Waals surface area contributed by atoms with Crippen LogP contribution in [-0.2, 0) is 0 Å². The number of halogens is 4. The molecule has 0 aromatic rings. The third-order valence-corrected chi connectivity index (χ3v) is 2.32. The Morgan fingerprint density at radius 2 is 2.00 bits per heavy atom. The standard InChI is InChI=1S/C7H12F3N.ClH/c1-5(7(8,9)10)6-2-3-11-4-6;/h5-6,11H,2-4H2,1H3;1H. The van der Waals surface area contributed by atoms with E-state index in [1.54, 1.807) is 0 Å². The number of nitrogens with one attached hydrogen (secondary N) is 1. The van der Waals surface area contributed by atoms with Gasteiger partial charge in [0, 0.05) is 0 Å². The number of rotatable bonds is 1. The molecular weight excluding hydrogens is 191 g/mol. The Labute approximate surface area is 76.1 Å². The Kier molecular flexibility index (Phi) is 4.34. The van der Waals surface area contributed by atoms with Crippen molar-refractivity contribution >= 4 is 12.4 Å². The van der Waals surface area contributed by atoms with Crippen molar-refractivity contribution in [3.05, 3.63) is 0 Å². The zero-order chi connectivity index (χ0) is 8.48. The maximum absolute atomic E-state index is 12.1. The van der Waals surface area contributed by atoms with Crippen LogP contribution in [0.15, 0.2) is 0 Å². The third-order valence-electron chi connectivity index (χ3n) is 2.32. The van der Waals surface area contributed by atoms with Gasteiger partial charge in [0.15, 0.2) is 0 Å². The third kappa shape index (κ3) is 2.83. The summed E-state index contributed by atoms with van der Waals surface area (Å²) in [7, 11) is 0. The highest BCUT2D eigenvalue weighted by Gasteiger charge is 2.41. The molecule has 1 aliphatic rings. The van der Waals surface area contributed by atoms with E-state index in [0.717, 1.165) is 6.54 Å². The summed E-state index contributed by atoms with van der Waals surface area (Å²) >= 11 is 0. The summed E-state index contributed by atoms with van der Waals surface area (Å²) in [6.45, 7) is 2.50. The van der Waals surface area contributed by atoms with Gasteiger partial charge in [-0.25, -0.2) is 0 Å². The summed E-state index contributed by atoms with van der Waals surface area (Å²) < 4.78 is 36.2. The smallest absolute Gasteiger partial charge is 0.316 e. The van der Waals surface area contributed by atoms with Gasteiger partial charge in [-0.15, -0.1) is 12.4 Å². The van der Waals surface area contributed by atoms with Crippen LogP contribution in [0.4, 0.5) is 13.2 Å². The molecule has 0 radical (unpaired) electrons. The molecule has 0 aliphatic carbocycles. The molecule has 1 saturated heterocycles. The Morgan fingerprint density at radius 3 is 2.33 bits per heavy atom. The SMILES string of the molecule is CC(C1CCNC1)C(F)(F)F.Cl. The molecule has 1 nitrogen and oxygen atoms in total. The largest absolute Gasteiger partial charge is 0.391 e. The van der Waals surface area contributed by atoms with Crippen LogP contribution < -0.4 is 5.32 Å². The zero-order valence-corrected chi connectivity index (χ0v) is 7.63. The molecule has 1 fully saturated rings. The van der Waals surface area contributed by atoms with Crippen molar-refractivity contribution in [1.29, 1.82) is 0 Å². The molecule has 0 spiro atoms. The lowest BCUT2D eigenvalue weighted by Crippen LogP contribution is -2.28. The van der Waals surface area contributed by atoms with E-state index in [-0.39, 0.29) is 18.3 Å². The van der Waals surface area contributed by atoms with Crippen molar-refractivity contribution < 1.29 is 13.2 Å². The highest BCUT2D eigenvalue weighted by Crippen LogP contribution is 2.34. The highest BCUT2D eigenvalue weighted by atomic mass is 35.5. The minimum absolute atomic E-state index is 0. The maximum atomic E-state index is 12.1. The van der Waals surface area contributed by atoms with Gasteiger partial charge in [0.1, 0.15) is 0 Å².